The Morgan fingerprint density at radius 1 is 1.14 bits per heavy atom. The van der Waals surface area contributed by atoms with Crippen molar-refractivity contribution in [2.75, 3.05) is 5.32 Å². The zero-order valence-corrected chi connectivity index (χ0v) is 16.1. The maximum Gasteiger partial charge on any atom is 0.241 e. The molecule has 0 saturated heterocycles. The summed E-state index contributed by atoms with van der Waals surface area (Å²) in [5, 5.41) is 2.57. The van der Waals surface area contributed by atoms with Crippen LogP contribution in [0.5, 0.6) is 0 Å². The smallest absolute Gasteiger partial charge is 0.241 e. The molecule has 2 aromatic carbocycles. The number of halogens is 1. The second-order valence-electron chi connectivity index (χ2n) is 6.18. The molecule has 28 heavy (non-hydrogen) atoms. The number of hydrogen-bond donors (Lipinski definition) is 2. The van der Waals surface area contributed by atoms with Crippen molar-refractivity contribution in [2.24, 2.45) is 7.05 Å². The predicted octanol–water partition coefficient (Wildman–Crippen LogP) is 2.59. The Hall–Kier alpha value is -3.04. The molecule has 7 nitrogen and oxygen atoms in total. The van der Waals surface area contributed by atoms with Crippen LogP contribution >= 0.6 is 0 Å². The molecule has 0 aliphatic heterocycles. The van der Waals surface area contributed by atoms with Gasteiger partial charge in [-0.3, -0.25) is 4.79 Å². The highest BCUT2D eigenvalue weighted by molar-refractivity contribution is 7.89. The number of aromatic nitrogens is 2. The lowest BCUT2D eigenvalue weighted by Gasteiger charge is -2.20. The first-order valence-corrected chi connectivity index (χ1v) is 9.88. The Balaban J connectivity index is 1.97. The van der Waals surface area contributed by atoms with E-state index in [-0.39, 0.29) is 16.4 Å². The van der Waals surface area contributed by atoms with Crippen molar-refractivity contribution in [3.05, 3.63) is 78.1 Å². The van der Waals surface area contributed by atoms with Crippen LogP contribution in [0.2, 0.25) is 0 Å². The molecule has 3 aromatic rings. The van der Waals surface area contributed by atoms with Crippen molar-refractivity contribution in [3.8, 4) is 0 Å². The van der Waals surface area contributed by atoms with E-state index in [1.165, 1.54) is 55.6 Å². The molecule has 0 spiro atoms. The number of benzene rings is 2. The van der Waals surface area contributed by atoms with Gasteiger partial charge >= 0.3 is 0 Å². The summed E-state index contributed by atoms with van der Waals surface area (Å²) in [4.78, 5) is 15.3. The van der Waals surface area contributed by atoms with Gasteiger partial charge in [-0.05, 0) is 30.3 Å². The van der Waals surface area contributed by atoms with Crippen molar-refractivity contribution in [1.29, 1.82) is 0 Å². The van der Waals surface area contributed by atoms with Crippen molar-refractivity contribution >= 4 is 21.6 Å². The molecule has 0 unspecified atom stereocenters. The highest BCUT2D eigenvalue weighted by atomic mass is 32.2. The number of nitrogens with zero attached hydrogens (tertiary/aromatic N) is 2. The van der Waals surface area contributed by atoms with E-state index in [0.717, 1.165) is 0 Å². The van der Waals surface area contributed by atoms with E-state index >= 15 is 0 Å². The van der Waals surface area contributed by atoms with E-state index < -0.39 is 21.9 Å². The normalized spacial score (nSPS) is 12.5. The Morgan fingerprint density at radius 2 is 1.82 bits per heavy atom. The fraction of sp³-hybridized carbons (Fsp3) is 0.158. The van der Waals surface area contributed by atoms with E-state index in [0.29, 0.717) is 11.5 Å². The highest BCUT2D eigenvalue weighted by Crippen LogP contribution is 2.26. The van der Waals surface area contributed by atoms with Gasteiger partial charge in [0.15, 0.2) is 0 Å². The topological polar surface area (TPSA) is 93.1 Å². The molecule has 0 aliphatic rings. The van der Waals surface area contributed by atoms with Crippen LogP contribution in [0.15, 0.2) is 65.8 Å². The minimum atomic E-state index is -4.00. The molecule has 0 bridgehead atoms. The van der Waals surface area contributed by atoms with Crippen LogP contribution < -0.4 is 10.0 Å². The SMILES string of the molecule is CC(=O)Nc1ccc(S(=O)(=O)N[C@@H](c2ccccc2F)c2nccn2C)cc1. The molecule has 0 fully saturated rings. The third-order valence-corrected chi connectivity index (χ3v) is 5.53. The number of sulfonamides is 1. The number of imidazole rings is 1. The van der Waals surface area contributed by atoms with E-state index in [9.17, 15) is 17.6 Å². The van der Waals surface area contributed by atoms with Gasteiger partial charge in [-0.1, -0.05) is 18.2 Å². The molecular weight excluding hydrogens is 383 g/mol. The zero-order chi connectivity index (χ0) is 20.3. The van der Waals surface area contributed by atoms with Crippen molar-refractivity contribution in [1.82, 2.24) is 14.3 Å². The summed E-state index contributed by atoms with van der Waals surface area (Å²) in [5.41, 5.74) is 0.636. The summed E-state index contributed by atoms with van der Waals surface area (Å²) in [5.74, 6) is -0.453. The van der Waals surface area contributed by atoms with Crippen molar-refractivity contribution in [2.45, 2.75) is 17.9 Å². The van der Waals surface area contributed by atoms with Crippen LogP contribution in [-0.4, -0.2) is 23.9 Å². The molecule has 0 saturated carbocycles. The summed E-state index contributed by atoms with van der Waals surface area (Å²) in [6.07, 6.45) is 3.17. The number of rotatable bonds is 6. The third kappa shape index (κ3) is 4.26. The Morgan fingerprint density at radius 3 is 2.39 bits per heavy atom. The molecule has 0 radical (unpaired) electrons. The van der Waals surface area contributed by atoms with Crippen LogP contribution in [0.1, 0.15) is 24.4 Å². The molecule has 1 atom stereocenters. The van der Waals surface area contributed by atoms with E-state index in [1.54, 1.807) is 23.9 Å². The van der Waals surface area contributed by atoms with Crippen LogP contribution in [0, 0.1) is 5.82 Å². The van der Waals surface area contributed by atoms with Gasteiger partial charge in [-0.15, -0.1) is 0 Å². The summed E-state index contributed by atoms with van der Waals surface area (Å²) in [6, 6.07) is 10.6. The number of carbonyl (C=O) groups excluding carboxylic acids is 1. The van der Waals surface area contributed by atoms with Gasteiger partial charge in [0.05, 0.1) is 4.90 Å². The Bertz CT molecular complexity index is 1090. The Labute approximate surface area is 162 Å². The average Bonchev–Trinajstić information content (AvgIpc) is 3.06. The van der Waals surface area contributed by atoms with Gasteiger partial charge in [-0.2, -0.15) is 4.72 Å². The minimum absolute atomic E-state index is 0.0165. The number of anilines is 1. The number of hydrogen-bond acceptors (Lipinski definition) is 4. The molecule has 146 valence electrons. The van der Waals surface area contributed by atoms with Gasteiger partial charge in [0.2, 0.25) is 15.9 Å². The van der Waals surface area contributed by atoms with Crippen molar-refractivity contribution < 1.29 is 17.6 Å². The first-order valence-electron chi connectivity index (χ1n) is 8.39. The van der Waals surface area contributed by atoms with E-state index in [2.05, 4.69) is 15.0 Å². The third-order valence-electron chi connectivity index (χ3n) is 4.09. The van der Waals surface area contributed by atoms with Crippen LogP contribution in [0.25, 0.3) is 0 Å². The summed E-state index contributed by atoms with van der Waals surface area (Å²) in [6.45, 7) is 1.36. The molecule has 0 aliphatic carbocycles. The summed E-state index contributed by atoms with van der Waals surface area (Å²) < 4.78 is 44.4. The number of amides is 1. The van der Waals surface area contributed by atoms with Crippen LogP contribution in [0.4, 0.5) is 10.1 Å². The van der Waals surface area contributed by atoms with Crippen LogP contribution in [-0.2, 0) is 21.9 Å². The lowest BCUT2D eigenvalue weighted by molar-refractivity contribution is -0.114. The number of carbonyl (C=O) groups is 1. The maximum atomic E-state index is 14.4. The van der Waals surface area contributed by atoms with Gasteiger partial charge in [-0.25, -0.2) is 17.8 Å². The number of aryl methyl sites for hydroxylation is 1. The highest BCUT2D eigenvalue weighted by Gasteiger charge is 2.27. The summed E-state index contributed by atoms with van der Waals surface area (Å²) in [7, 11) is -2.29. The fourth-order valence-corrected chi connectivity index (χ4v) is 3.94. The predicted molar refractivity (Wildman–Crippen MR) is 103 cm³/mol. The average molecular weight is 402 g/mol. The standard InChI is InChI=1S/C19H19FN4O3S/c1-13(25)22-14-7-9-15(10-8-14)28(26,27)23-18(19-21-11-12-24(19)2)16-5-3-4-6-17(16)20/h3-12,18,23H,1-2H3,(H,22,25)/t18-/m0/s1. The first kappa shape index (κ1) is 19.7. The lowest BCUT2D eigenvalue weighted by atomic mass is 10.1. The maximum absolute atomic E-state index is 14.4. The van der Waals surface area contributed by atoms with E-state index in [1.807, 2.05) is 0 Å². The van der Waals surface area contributed by atoms with E-state index in [4.69, 9.17) is 0 Å². The van der Waals surface area contributed by atoms with Gasteiger partial charge < -0.3 is 9.88 Å². The minimum Gasteiger partial charge on any atom is -0.336 e. The molecule has 1 heterocycles. The largest absolute Gasteiger partial charge is 0.336 e. The molecule has 9 heteroatoms. The number of nitrogens with one attached hydrogen (secondary N) is 2. The second-order valence-corrected chi connectivity index (χ2v) is 7.89. The van der Waals surface area contributed by atoms with Gasteiger partial charge in [0.25, 0.3) is 0 Å². The molecule has 2 N–H and O–H groups in total. The zero-order valence-electron chi connectivity index (χ0n) is 15.3. The first-order chi connectivity index (χ1) is 13.3. The summed E-state index contributed by atoms with van der Waals surface area (Å²) >= 11 is 0. The molecular formula is C19H19FN4O3S. The van der Waals surface area contributed by atoms with Crippen LogP contribution in [0.3, 0.4) is 0 Å². The molecule has 1 amide bonds. The second kappa shape index (κ2) is 7.91. The Kier molecular flexibility index (Phi) is 5.57. The fourth-order valence-electron chi connectivity index (χ4n) is 2.76. The molecule has 3 rings (SSSR count). The molecule has 1 aromatic heterocycles. The van der Waals surface area contributed by atoms with Gasteiger partial charge in [0.1, 0.15) is 17.7 Å². The quantitative estimate of drug-likeness (QED) is 0.663. The van der Waals surface area contributed by atoms with Crippen molar-refractivity contribution in [3.63, 3.8) is 0 Å². The van der Waals surface area contributed by atoms with Gasteiger partial charge in [0, 0.05) is 37.6 Å². The monoisotopic (exact) mass is 402 g/mol. The lowest BCUT2D eigenvalue weighted by Crippen LogP contribution is -2.31.